The van der Waals surface area contributed by atoms with Crippen LogP contribution in [0, 0.1) is 20.8 Å². The zero-order chi connectivity index (χ0) is 31.9. The highest BCUT2D eigenvalue weighted by Crippen LogP contribution is 2.41. The van der Waals surface area contributed by atoms with Crippen molar-refractivity contribution >= 4 is 51.1 Å². The molecule has 0 aromatic heterocycles. The van der Waals surface area contributed by atoms with Gasteiger partial charge >= 0.3 is 6.03 Å². The number of rotatable bonds is 6. The van der Waals surface area contributed by atoms with Crippen LogP contribution in [0.2, 0.25) is 0 Å². The van der Waals surface area contributed by atoms with Crippen LogP contribution in [0.5, 0.6) is 11.5 Å². The Kier molecular flexibility index (Phi) is 7.66. The number of nitrogens with one attached hydrogen (secondary N) is 3. The minimum atomic E-state index is -4.51. The predicted molar refractivity (Wildman–Crippen MR) is 179 cm³/mol. The number of urea groups is 1. The molecule has 45 heavy (non-hydrogen) atoms. The van der Waals surface area contributed by atoms with Gasteiger partial charge in [0.15, 0.2) is 0 Å². The van der Waals surface area contributed by atoms with Crippen LogP contribution in [-0.2, 0) is 10.1 Å². The highest BCUT2D eigenvalue weighted by molar-refractivity contribution is 7.86. The Morgan fingerprint density at radius 2 is 1.44 bits per heavy atom. The molecule has 8 nitrogen and oxygen atoms in total. The zero-order valence-corrected chi connectivity index (χ0v) is 25.7. The Balaban J connectivity index is 1.39. The van der Waals surface area contributed by atoms with Crippen LogP contribution in [-0.4, -0.2) is 19.0 Å². The number of hydrogen-bond acceptors (Lipinski definition) is 5. The van der Waals surface area contributed by atoms with Crippen molar-refractivity contribution in [2.24, 2.45) is 0 Å². The third kappa shape index (κ3) is 5.91. The lowest BCUT2D eigenvalue weighted by Gasteiger charge is -2.24. The molecule has 0 saturated heterocycles. The van der Waals surface area contributed by atoms with E-state index in [1.807, 2.05) is 87.5 Å². The minimum absolute atomic E-state index is 0.193. The summed E-state index contributed by atoms with van der Waals surface area (Å²) in [6, 6.07) is 28.3. The quantitative estimate of drug-likeness (QED) is 0.150. The average Bonchev–Trinajstić information content (AvgIpc) is 3.00. The molecule has 4 N–H and O–H groups in total. The average molecular weight is 618 g/mol. The third-order valence-corrected chi connectivity index (χ3v) is 8.64. The highest BCUT2D eigenvalue weighted by Gasteiger charge is 2.26. The molecule has 1 heterocycles. The van der Waals surface area contributed by atoms with Gasteiger partial charge in [-0.3, -0.25) is 4.55 Å². The number of fused-ring (bicyclic) bond motifs is 2. The molecule has 0 saturated carbocycles. The number of carbonyl (C=O) groups is 1. The van der Waals surface area contributed by atoms with Crippen LogP contribution in [0.4, 0.5) is 27.5 Å². The fraction of sp³-hybridized carbons (Fsp3) is 0.0833. The number of ether oxygens (including phenoxy) is 1. The summed E-state index contributed by atoms with van der Waals surface area (Å²) >= 11 is 0. The van der Waals surface area contributed by atoms with E-state index < -0.39 is 10.1 Å². The molecule has 2 amide bonds. The Morgan fingerprint density at radius 1 is 0.733 bits per heavy atom. The van der Waals surface area contributed by atoms with Crippen molar-refractivity contribution in [3.8, 4) is 11.5 Å². The van der Waals surface area contributed by atoms with E-state index in [4.69, 9.17) is 4.74 Å². The second-order valence-electron chi connectivity index (χ2n) is 10.9. The van der Waals surface area contributed by atoms with E-state index in [1.54, 1.807) is 24.3 Å². The van der Waals surface area contributed by atoms with E-state index in [0.717, 1.165) is 33.3 Å². The van der Waals surface area contributed by atoms with Gasteiger partial charge in [-0.25, -0.2) is 4.79 Å². The van der Waals surface area contributed by atoms with Gasteiger partial charge < -0.3 is 20.7 Å². The number of hydrogen-bond donors (Lipinski definition) is 4. The van der Waals surface area contributed by atoms with Crippen LogP contribution in [0.3, 0.4) is 0 Å². The first-order valence-corrected chi connectivity index (χ1v) is 15.7. The Bertz CT molecular complexity index is 2210. The van der Waals surface area contributed by atoms with Gasteiger partial charge in [-0.1, -0.05) is 61.2 Å². The SMILES string of the molecule is C=c1ccc2c(c1)Oc1cc(Nc3c(C)cc(C)c(NC(=O)Nc4ccccc4)c3C)ccc1C=2c1ccccc1S(=O)(=O)O. The lowest BCUT2D eigenvalue weighted by molar-refractivity contribution is 0.262. The lowest BCUT2D eigenvalue weighted by atomic mass is 9.92. The number of aryl methyl sites for hydroxylation is 2. The maximum atomic E-state index is 12.8. The van der Waals surface area contributed by atoms with E-state index in [0.29, 0.717) is 44.8 Å². The maximum Gasteiger partial charge on any atom is 0.323 e. The Morgan fingerprint density at radius 3 is 2.20 bits per heavy atom. The van der Waals surface area contributed by atoms with E-state index in [1.165, 1.54) is 6.07 Å². The number of benzene rings is 5. The molecule has 0 radical (unpaired) electrons. The van der Waals surface area contributed by atoms with Gasteiger partial charge in [-0.05, 0) is 79.1 Å². The molecule has 0 fully saturated rings. The second kappa shape index (κ2) is 11.6. The summed E-state index contributed by atoms with van der Waals surface area (Å²) in [4.78, 5) is 12.6. The molecule has 5 aromatic rings. The largest absolute Gasteiger partial charge is 0.456 e. The molecule has 6 rings (SSSR count). The van der Waals surface area contributed by atoms with Crippen molar-refractivity contribution < 1.29 is 22.5 Å². The molecule has 1 aliphatic heterocycles. The third-order valence-electron chi connectivity index (χ3n) is 7.73. The van der Waals surface area contributed by atoms with Crippen LogP contribution >= 0.6 is 0 Å². The van der Waals surface area contributed by atoms with Crippen LogP contribution in [0.15, 0.2) is 102 Å². The smallest absolute Gasteiger partial charge is 0.323 e. The van der Waals surface area contributed by atoms with E-state index in [-0.39, 0.29) is 10.9 Å². The van der Waals surface area contributed by atoms with Crippen molar-refractivity contribution in [2.75, 3.05) is 16.0 Å². The molecule has 0 atom stereocenters. The summed E-state index contributed by atoms with van der Waals surface area (Å²) in [5, 5.41) is 10.8. The van der Waals surface area contributed by atoms with Crippen molar-refractivity contribution in [2.45, 2.75) is 25.7 Å². The first kappa shape index (κ1) is 29.7. The number of amides is 2. The highest BCUT2D eigenvalue weighted by atomic mass is 32.2. The number of anilines is 4. The van der Waals surface area contributed by atoms with Crippen molar-refractivity contribution in [3.63, 3.8) is 0 Å². The molecule has 9 heteroatoms. The first-order chi connectivity index (χ1) is 21.5. The van der Waals surface area contributed by atoms with Gasteiger partial charge in [0.25, 0.3) is 10.1 Å². The van der Waals surface area contributed by atoms with Crippen LogP contribution in [0.25, 0.3) is 12.2 Å². The van der Waals surface area contributed by atoms with E-state index >= 15 is 0 Å². The normalized spacial score (nSPS) is 12.0. The standard InChI is InChI=1S/C36H31N3O5S/c1-21-14-16-27-30(18-21)44-31-20-26(15-17-28(31)33(27)29-12-8-9-13-32(29)45(41,42)43)37-34-22(2)19-23(3)35(24(34)4)39-36(40)38-25-10-6-5-7-11-25/h5-20,37H,1H2,2-4H3,(H2,38,39,40)(H,41,42,43). The molecular weight excluding hydrogens is 586 g/mol. The van der Waals surface area contributed by atoms with E-state index in [2.05, 4.69) is 22.5 Å². The predicted octanol–water partition coefficient (Wildman–Crippen LogP) is 7.01. The van der Waals surface area contributed by atoms with Gasteiger partial charge in [-0.2, -0.15) is 8.42 Å². The number of carbonyl (C=O) groups excluding carboxylic acids is 1. The molecule has 0 unspecified atom stereocenters. The summed E-state index contributed by atoms with van der Waals surface area (Å²) in [6.07, 6.45) is 0. The molecule has 0 spiro atoms. The lowest BCUT2D eigenvalue weighted by Crippen LogP contribution is -2.21. The summed E-state index contributed by atoms with van der Waals surface area (Å²) in [5.41, 5.74) is 7.33. The molecule has 0 aliphatic carbocycles. The fourth-order valence-corrected chi connectivity index (χ4v) is 6.41. The Labute approximate surface area is 261 Å². The molecule has 5 aromatic carbocycles. The van der Waals surface area contributed by atoms with Crippen molar-refractivity contribution in [3.05, 3.63) is 135 Å². The maximum absolute atomic E-state index is 12.8. The number of para-hydroxylation sites is 1. The monoisotopic (exact) mass is 617 g/mol. The molecular formula is C36H31N3O5S. The summed E-state index contributed by atoms with van der Waals surface area (Å²) in [5.74, 6) is 1.02. The van der Waals surface area contributed by atoms with Gasteiger partial charge in [-0.15, -0.1) is 0 Å². The van der Waals surface area contributed by atoms with Gasteiger partial charge in [0.05, 0.1) is 5.69 Å². The van der Waals surface area contributed by atoms with Crippen molar-refractivity contribution in [1.29, 1.82) is 0 Å². The molecule has 0 bridgehead atoms. The molecule has 1 aliphatic rings. The van der Waals surface area contributed by atoms with E-state index in [9.17, 15) is 17.8 Å². The van der Waals surface area contributed by atoms with Crippen LogP contribution in [0.1, 0.15) is 27.8 Å². The summed E-state index contributed by atoms with van der Waals surface area (Å²) < 4.78 is 41.1. The van der Waals surface area contributed by atoms with Gasteiger partial charge in [0.2, 0.25) is 0 Å². The summed E-state index contributed by atoms with van der Waals surface area (Å²) in [7, 11) is -4.51. The van der Waals surface area contributed by atoms with Gasteiger partial charge in [0, 0.05) is 45.0 Å². The Hall–Kier alpha value is -5.38. The van der Waals surface area contributed by atoms with Gasteiger partial charge in [0.1, 0.15) is 16.4 Å². The van der Waals surface area contributed by atoms with Crippen LogP contribution < -0.4 is 31.1 Å². The topological polar surface area (TPSA) is 117 Å². The fourth-order valence-electron chi connectivity index (χ4n) is 5.71. The first-order valence-electron chi connectivity index (χ1n) is 14.2. The second-order valence-corrected chi connectivity index (χ2v) is 12.3. The summed E-state index contributed by atoms with van der Waals surface area (Å²) in [6.45, 7) is 9.91. The molecule has 226 valence electrons. The minimum Gasteiger partial charge on any atom is -0.456 e. The van der Waals surface area contributed by atoms with Crippen molar-refractivity contribution in [1.82, 2.24) is 0 Å². The zero-order valence-electron chi connectivity index (χ0n) is 24.9.